The highest BCUT2D eigenvalue weighted by Crippen LogP contribution is 2.33. The molecular formula is C22H26F3N3O3. The number of hydrogen-bond acceptors (Lipinski definition) is 5. The van der Waals surface area contributed by atoms with Crippen LogP contribution in [0.2, 0.25) is 0 Å². The summed E-state index contributed by atoms with van der Waals surface area (Å²) in [5.41, 5.74) is 0.715. The molecular weight excluding hydrogens is 411 g/mol. The van der Waals surface area contributed by atoms with Crippen LogP contribution in [-0.2, 0) is 6.18 Å². The van der Waals surface area contributed by atoms with E-state index < -0.39 is 11.9 Å². The Labute approximate surface area is 179 Å². The van der Waals surface area contributed by atoms with Crippen LogP contribution in [0, 0.1) is 6.92 Å². The zero-order valence-corrected chi connectivity index (χ0v) is 17.9. The number of aliphatic hydroxyl groups is 1. The Hall–Kier alpha value is -3.07. The second-order valence-electron chi connectivity index (χ2n) is 6.52. The van der Waals surface area contributed by atoms with Crippen LogP contribution >= 0.6 is 0 Å². The van der Waals surface area contributed by atoms with Gasteiger partial charge in [-0.1, -0.05) is 6.92 Å². The molecule has 0 fully saturated rings. The molecule has 0 aliphatic carbocycles. The van der Waals surface area contributed by atoms with E-state index in [1.54, 1.807) is 37.3 Å². The molecule has 31 heavy (non-hydrogen) atoms. The molecule has 0 amide bonds. The van der Waals surface area contributed by atoms with Crippen molar-refractivity contribution in [1.29, 1.82) is 0 Å². The Balaban J connectivity index is 0.000000785. The Morgan fingerprint density at radius 3 is 2.26 bits per heavy atom. The van der Waals surface area contributed by atoms with E-state index in [1.807, 2.05) is 13.8 Å². The number of methoxy groups -OCH3 is 1. The van der Waals surface area contributed by atoms with Gasteiger partial charge in [-0.15, -0.1) is 0 Å². The topological polar surface area (TPSA) is 69.4 Å². The summed E-state index contributed by atoms with van der Waals surface area (Å²) in [5, 5.41) is 7.88. The largest absolute Gasteiger partial charge is 0.494 e. The molecule has 0 atom stereocenters. The van der Waals surface area contributed by atoms with Gasteiger partial charge in [-0.05, 0) is 50.6 Å². The lowest BCUT2D eigenvalue weighted by Crippen LogP contribution is -2.05. The molecule has 3 aromatic rings. The SMILES string of the molecule is CCCO.CCOc1ccc(-n2cc(C(F)(F)F)nc2-c2cnc(OC)c(C)c2)cc1. The Morgan fingerprint density at radius 2 is 1.77 bits per heavy atom. The number of imidazole rings is 1. The second-order valence-corrected chi connectivity index (χ2v) is 6.52. The minimum absolute atomic E-state index is 0.143. The summed E-state index contributed by atoms with van der Waals surface area (Å²) < 4.78 is 51.6. The minimum atomic E-state index is -4.56. The third-order valence-corrected chi connectivity index (χ3v) is 4.13. The molecule has 0 bridgehead atoms. The normalized spacial score (nSPS) is 11.0. The van der Waals surface area contributed by atoms with Crippen LogP contribution in [0.1, 0.15) is 31.5 Å². The van der Waals surface area contributed by atoms with Gasteiger partial charge < -0.3 is 14.6 Å². The number of rotatable bonds is 6. The van der Waals surface area contributed by atoms with Gasteiger partial charge in [0.05, 0.1) is 13.7 Å². The quantitative estimate of drug-likeness (QED) is 0.584. The number of aryl methyl sites for hydroxylation is 1. The van der Waals surface area contributed by atoms with Gasteiger partial charge in [0.25, 0.3) is 0 Å². The van der Waals surface area contributed by atoms with E-state index in [4.69, 9.17) is 14.6 Å². The van der Waals surface area contributed by atoms with Gasteiger partial charge in [0.1, 0.15) is 11.6 Å². The average Bonchev–Trinajstić information content (AvgIpc) is 3.21. The molecule has 0 spiro atoms. The summed E-state index contributed by atoms with van der Waals surface area (Å²) in [6.45, 7) is 6.38. The third kappa shape index (κ3) is 6.21. The summed E-state index contributed by atoms with van der Waals surface area (Å²) in [7, 11) is 1.48. The van der Waals surface area contributed by atoms with Crippen LogP contribution in [0.3, 0.4) is 0 Å². The first-order chi connectivity index (χ1) is 14.7. The van der Waals surface area contributed by atoms with Crippen molar-refractivity contribution in [2.45, 2.75) is 33.4 Å². The zero-order valence-electron chi connectivity index (χ0n) is 17.9. The average molecular weight is 437 g/mol. The lowest BCUT2D eigenvalue weighted by molar-refractivity contribution is -0.140. The fraction of sp³-hybridized carbons (Fsp3) is 0.364. The van der Waals surface area contributed by atoms with Gasteiger partial charge >= 0.3 is 6.18 Å². The first kappa shape index (κ1) is 24.2. The molecule has 1 aromatic carbocycles. The van der Waals surface area contributed by atoms with E-state index in [0.717, 1.165) is 12.6 Å². The van der Waals surface area contributed by atoms with Crippen molar-refractivity contribution in [2.75, 3.05) is 20.3 Å². The van der Waals surface area contributed by atoms with Gasteiger partial charge in [0.2, 0.25) is 5.88 Å². The number of aliphatic hydroxyl groups excluding tert-OH is 1. The molecule has 0 aliphatic rings. The molecule has 0 saturated carbocycles. The number of nitrogens with zero attached hydrogens (tertiary/aromatic N) is 3. The van der Waals surface area contributed by atoms with Crippen LogP contribution in [0.25, 0.3) is 17.1 Å². The van der Waals surface area contributed by atoms with E-state index in [2.05, 4.69) is 9.97 Å². The summed E-state index contributed by atoms with van der Waals surface area (Å²) in [4.78, 5) is 7.95. The predicted molar refractivity (Wildman–Crippen MR) is 112 cm³/mol. The number of aromatic nitrogens is 3. The Morgan fingerprint density at radius 1 is 1.13 bits per heavy atom. The van der Waals surface area contributed by atoms with Crippen molar-refractivity contribution in [2.24, 2.45) is 0 Å². The van der Waals surface area contributed by atoms with Gasteiger partial charge in [-0.25, -0.2) is 9.97 Å². The first-order valence-electron chi connectivity index (χ1n) is 9.76. The highest BCUT2D eigenvalue weighted by atomic mass is 19.4. The van der Waals surface area contributed by atoms with Crippen molar-refractivity contribution in [1.82, 2.24) is 14.5 Å². The molecule has 168 valence electrons. The number of halogens is 3. The maximum Gasteiger partial charge on any atom is 0.434 e. The summed E-state index contributed by atoms with van der Waals surface area (Å²) in [5.74, 6) is 1.19. The second kappa shape index (κ2) is 10.8. The molecule has 2 aromatic heterocycles. The number of alkyl halides is 3. The molecule has 0 unspecified atom stereocenters. The van der Waals surface area contributed by atoms with Gasteiger partial charge in [-0.3, -0.25) is 4.57 Å². The zero-order chi connectivity index (χ0) is 23.0. The predicted octanol–water partition coefficient (Wildman–Crippen LogP) is 5.06. The van der Waals surface area contributed by atoms with Crippen LogP contribution in [0.15, 0.2) is 42.7 Å². The molecule has 0 aliphatic heterocycles. The lowest BCUT2D eigenvalue weighted by Gasteiger charge is -2.10. The summed E-state index contributed by atoms with van der Waals surface area (Å²) in [6, 6.07) is 8.46. The number of ether oxygens (including phenoxy) is 2. The monoisotopic (exact) mass is 437 g/mol. The van der Waals surface area contributed by atoms with Crippen LogP contribution in [0.5, 0.6) is 11.6 Å². The van der Waals surface area contributed by atoms with E-state index in [0.29, 0.717) is 41.7 Å². The van der Waals surface area contributed by atoms with Crippen molar-refractivity contribution in [3.63, 3.8) is 0 Å². The summed E-state index contributed by atoms with van der Waals surface area (Å²) in [6.07, 6.45) is -1.26. The smallest absolute Gasteiger partial charge is 0.434 e. The number of benzene rings is 1. The molecule has 6 nitrogen and oxygen atoms in total. The Bertz CT molecular complexity index is 968. The van der Waals surface area contributed by atoms with Crippen LogP contribution in [-0.4, -0.2) is 40.0 Å². The molecule has 2 heterocycles. The molecule has 3 rings (SSSR count). The fourth-order valence-electron chi connectivity index (χ4n) is 2.69. The van der Waals surface area contributed by atoms with E-state index in [9.17, 15) is 13.2 Å². The number of hydrogen-bond donors (Lipinski definition) is 1. The summed E-state index contributed by atoms with van der Waals surface area (Å²) >= 11 is 0. The first-order valence-corrected chi connectivity index (χ1v) is 9.76. The van der Waals surface area contributed by atoms with E-state index >= 15 is 0 Å². The van der Waals surface area contributed by atoms with Crippen LogP contribution in [0.4, 0.5) is 13.2 Å². The van der Waals surface area contributed by atoms with Crippen molar-refractivity contribution >= 4 is 0 Å². The highest BCUT2D eigenvalue weighted by molar-refractivity contribution is 5.60. The van der Waals surface area contributed by atoms with Crippen molar-refractivity contribution in [3.8, 4) is 28.7 Å². The fourth-order valence-corrected chi connectivity index (χ4v) is 2.69. The minimum Gasteiger partial charge on any atom is -0.494 e. The molecule has 0 saturated heterocycles. The van der Waals surface area contributed by atoms with E-state index in [-0.39, 0.29) is 5.82 Å². The maximum atomic E-state index is 13.2. The van der Waals surface area contributed by atoms with Crippen LogP contribution < -0.4 is 9.47 Å². The highest BCUT2D eigenvalue weighted by Gasteiger charge is 2.35. The van der Waals surface area contributed by atoms with Crippen molar-refractivity contribution in [3.05, 3.63) is 54.0 Å². The van der Waals surface area contributed by atoms with Gasteiger partial charge in [-0.2, -0.15) is 13.2 Å². The van der Waals surface area contributed by atoms with Gasteiger partial charge in [0.15, 0.2) is 5.69 Å². The number of pyridine rings is 1. The Kier molecular flexibility index (Phi) is 8.44. The molecule has 0 radical (unpaired) electrons. The maximum absolute atomic E-state index is 13.2. The molecule has 9 heteroatoms. The standard InChI is InChI=1S/C19H18F3N3O2.C3H8O/c1-4-27-15-7-5-14(6-8-15)25-11-16(19(20,21)22)24-17(25)13-9-12(2)18(26-3)23-10-13;1-2-3-4/h5-11H,4H2,1-3H3;4H,2-3H2,1H3. The lowest BCUT2D eigenvalue weighted by atomic mass is 10.2. The van der Waals surface area contributed by atoms with E-state index in [1.165, 1.54) is 17.9 Å². The van der Waals surface area contributed by atoms with Crippen molar-refractivity contribution < 1.29 is 27.8 Å². The molecule has 1 N–H and O–H groups in total. The van der Waals surface area contributed by atoms with Gasteiger partial charge in [0, 0.05) is 35.8 Å². The third-order valence-electron chi connectivity index (χ3n) is 4.13.